The molecule has 1 fully saturated rings. The van der Waals surface area contributed by atoms with Gasteiger partial charge in [0.15, 0.2) is 0 Å². The van der Waals surface area contributed by atoms with Gasteiger partial charge >= 0.3 is 0 Å². The Morgan fingerprint density at radius 1 is 1.56 bits per heavy atom. The van der Waals surface area contributed by atoms with Gasteiger partial charge in [-0.1, -0.05) is 6.92 Å². The molecule has 9 heavy (non-hydrogen) atoms. The van der Waals surface area contributed by atoms with E-state index in [1.807, 2.05) is 0 Å². The standard InChI is InChI=1S/C7H15NO/c1-6-4-7(9-3)8(2)5-6/h6-7H,4-5H2,1-3H3. The summed E-state index contributed by atoms with van der Waals surface area (Å²) in [6.07, 6.45) is 1.56. The molecule has 1 aliphatic heterocycles. The van der Waals surface area contributed by atoms with Crippen molar-refractivity contribution in [3.8, 4) is 0 Å². The maximum Gasteiger partial charge on any atom is 0.110 e. The minimum absolute atomic E-state index is 0.375. The Bertz CT molecular complexity index is 94.9. The lowest BCUT2D eigenvalue weighted by atomic mass is 10.1. The van der Waals surface area contributed by atoms with Gasteiger partial charge in [0, 0.05) is 13.7 Å². The third-order valence-corrected chi connectivity index (χ3v) is 1.97. The molecule has 54 valence electrons. The van der Waals surface area contributed by atoms with Crippen LogP contribution >= 0.6 is 0 Å². The van der Waals surface area contributed by atoms with Crippen LogP contribution in [-0.4, -0.2) is 31.8 Å². The zero-order valence-corrected chi connectivity index (χ0v) is 6.42. The van der Waals surface area contributed by atoms with E-state index in [2.05, 4.69) is 18.9 Å². The van der Waals surface area contributed by atoms with Crippen molar-refractivity contribution in [1.29, 1.82) is 0 Å². The summed E-state index contributed by atoms with van der Waals surface area (Å²) in [7, 11) is 3.89. The molecule has 2 atom stereocenters. The van der Waals surface area contributed by atoms with Gasteiger partial charge in [-0.2, -0.15) is 0 Å². The highest BCUT2D eigenvalue weighted by atomic mass is 16.5. The lowest BCUT2D eigenvalue weighted by molar-refractivity contribution is 0.0106. The lowest BCUT2D eigenvalue weighted by Gasteiger charge is -2.16. The number of likely N-dealkylation sites (tertiary alicyclic amines) is 1. The average molecular weight is 129 g/mol. The molecule has 1 rings (SSSR count). The zero-order valence-electron chi connectivity index (χ0n) is 6.42. The van der Waals surface area contributed by atoms with Crippen LogP contribution in [0.5, 0.6) is 0 Å². The molecule has 0 aliphatic carbocycles. The fraction of sp³-hybridized carbons (Fsp3) is 1.00. The SMILES string of the molecule is COC1CC(C)CN1C. The van der Waals surface area contributed by atoms with Crippen molar-refractivity contribution in [3.63, 3.8) is 0 Å². The maximum absolute atomic E-state index is 5.22. The minimum Gasteiger partial charge on any atom is -0.366 e. The van der Waals surface area contributed by atoms with Gasteiger partial charge in [-0.05, 0) is 19.4 Å². The second-order valence-corrected chi connectivity index (χ2v) is 2.97. The Morgan fingerprint density at radius 2 is 2.22 bits per heavy atom. The average Bonchev–Trinajstić information content (AvgIpc) is 2.10. The van der Waals surface area contributed by atoms with Crippen molar-refractivity contribution in [2.45, 2.75) is 19.6 Å². The summed E-state index contributed by atoms with van der Waals surface area (Å²) in [5, 5.41) is 0. The van der Waals surface area contributed by atoms with Gasteiger partial charge in [-0.3, -0.25) is 4.90 Å². The first-order valence-corrected chi connectivity index (χ1v) is 3.47. The normalized spacial score (nSPS) is 37.7. The highest BCUT2D eigenvalue weighted by Gasteiger charge is 2.25. The van der Waals surface area contributed by atoms with Gasteiger partial charge in [0.25, 0.3) is 0 Å². The summed E-state index contributed by atoms with van der Waals surface area (Å²) < 4.78 is 5.22. The van der Waals surface area contributed by atoms with E-state index in [1.165, 1.54) is 13.0 Å². The summed E-state index contributed by atoms with van der Waals surface area (Å²) in [4.78, 5) is 2.25. The summed E-state index contributed by atoms with van der Waals surface area (Å²) in [6.45, 7) is 3.44. The largest absolute Gasteiger partial charge is 0.366 e. The highest BCUT2D eigenvalue weighted by Crippen LogP contribution is 2.20. The van der Waals surface area contributed by atoms with Gasteiger partial charge in [0.1, 0.15) is 6.23 Å². The van der Waals surface area contributed by atoms with Crippen LogP contribution < -0.4 is 0 Å². The predicted molar refractivity (Wildman–Crippen MR) is 37.2 cm³/mol. The number of rotatable bonds is 1. The smallest absolute Gasteiger partial charge is 0.110 e. The van der Waals surface area contributed by atoms with Crippen LogP contribution in [0.1, 0.15) is 13.3 Å². The van der Waals surface area contributed by atoms with Crippen molar-refractivity contribution in [2.75, 3.05) is 20.7 Å². The van der Waals surface area contributed by atoms with Crippen LogP contribution in [0.15, 0.2) is 0 Å². The van der Waals surface area contributed by atoms with Crippen molar-refractivity contribution in [3.05, 3.63) is 0 Å². The van der Waals surface area contributed by atoms with Crippen molar-refractivity contribution < 1.29 is 4.74 Å². The molecule has 1 aliphatic rings. The predicted octanol–water partition coefficient (Wildman–Crippen LogP) is 0.930. The maximum atomic E-state index is 5.22. The van der Waals surface area contributed by atoms with E-state index in [1.54, 1.807) is 7.11 Å². The van der Waals surface area contributed by atoms with Crippen LogP contribution in [0.25, 0.3) is 0 Å². The Balaban J connectivity index is 2.38. The minimum atomic E-state index is 0.375. The number of ether oxygens (including phenoxy) is 1. The third-order valence-electron chi connectivity index (χ3n) is 1.97. The molecule has 0 spiro atoms. The van der Waals surface area contributed by atoms with Crippen LogP contribution in [0.2, 0.25) is 0 Å². The third kappa shape index (κ3) is 1.43. The summed E-state index contributed by atoms with van der Waals surface area (Å²) in [5.74, 6) is 0.806. The molecular formula is C7H15NO. The van der Waals surface area contributed by atoms with E-state index >= 15 is 0 Å². The van der Waals surface area contributed by atoms with Crippen molar-refractivity contribution in [1.82, 2.24) is 4.90 Å². The molecule has 0 N–H and O–H groups in total. The van der Waals surface area contributed by atoms with E-state index in [-0.39, 0.29) is 0 Å². The molecule has 0 radical (unpaired) electrons. The first-order valence-electron chi connectivity index (χ1n) is 3.47. The van der Waals surface area contributed by atoms with E-state index in [4.69, 9.17) is 4.74 Å². The van der Waals surface area contributed by atoms with Gasteiger partial charge in [0.05, 0.1) is 0 Å². The molecule has 0 saturated carbocycles. The molecule has 2 unspecified atom stereocenters. The van der Waals surface area contributed by atoms with Crippen LogP contribution in [0.4, 0.5) is 0 Å². The Kier molecular flexibility index (Phi) is 2.09. The number of nitrogens with zero attached hydrogens (tertiary/aromatic N) is 1. The molecule has 0 aromatic rings. The molecule has 0 bridgehead atoms. The number of methoxy groups -OCH3 is 1. The van der Waals surface area contributed by atoms with Gasteiger partial charge in [-0.15, -0.1) is 0 Å². The summed E-state index contributed by atoms with van der Waals surface area (Å²) >= 11 is 0. The monoisotopic (exact) mass is 129 g/mol. The summed E-state index contributed by atoms with van der Waals surface area (Å²) in [5.41, 5.74) is 0. The molecule has 2 heteroatoms. The Hall–Kier alpha value is -0.0800. The number of hydrogen-bond donors (Lipinski definition) is 0. The van der Waals surface area contributed by atoms with E-state index < -0.39 is 0 Å². The van der Waals surface area contributed by atoms with Crippen LogP contribution in [-0.2, 0) is 4.74 Å². The molecule has 2 nitrogen and oxygen atoms in total. The van der Waals surface area contributed by atoms with Gasteiger partial charge < -0.3 is 4.74 Å². The van der Waals surface area contributed by atoms with Crippen molar-refractivity contribution >= 4 is 0 Å². The molecule has 0 aromatic heterocycles. The topological polar surface area (TPSA) is 12.5 Å². The quantitative estimate of drug-likeness (QED) is 0.522. The fourth-order valence-electron chi connectivity index (χ4n) is 1.48. The number of hydrogen-bond acceptors (Lipinski definition) is 2. The highest BCUT2D eigenvalue weighted by molar-refractivity contribution is 4.73. The van der Waals surface area contributed by atoms with E-state index in [0.29, 0.717) is 6.23 Å². The van der Waals surface area contributed by atoms with Crippen LogP contribution in [0, 0.1) is 5.92 Å². The van der Waals surface area contributed by atoms with Gasteiger partial charge in [0.2, 0.25) is 0 Å². The van der Waals surface area contributed by atoms with E-state index in [9.17, 15) is 0 Å². The Morgan fingerprint density at radius 3 is 2.44 bits per heavy atom. The zero-order chi connectivity index (χ0) is 6.85. The fourth-order valence-corrected chi connectivity index (χ4v) is 1.48. The van der Waals surface area contributed by atoms with Crippen molar-refractivity contribution in [2.24, 2.45) is 5.92 Å². The van der Waals surface area contributed by atoms with Crippen LogP contribution in [0.3, 0.4) is 0 Å². The Labute approximate surface area is 56.8 Å². The molecule has 1 saturated heterocycles. The lowest BCUT2D eigenvalue weighted by Crippen LogP contribution is -2.26. The second-order valence-electron chi connectivity index (χ2n) is 2.97. The molecular weight excluding hydrogens is 114 g/mol. The summed E-state index contributed by atoms with van der Waals surface area (Å²) in [6, 6.07) is 0. The first kappa shape index (κ1) is 7.03. The second kappa shape index (κ2) is 2.67. The van der Waals surface area contributed by atoms with Gasteiger partial charge in [-0.25, -0.2) is 0 Å². The molecule has 0 amide bonds. The van der Waals surface area contributed by atoms with E-state index in [0.717, 1.165) is 5.92 Å². The first-order chi connectivity index (χ1) is 4.24. The molecule has 1 heterocycles. The molecule has 0 aromatic carbocycles.